The molecule has 2 aromatic heterocycles. The second kappa shape index (κ2) is 21.7. The third-order valence-electron chi connectivity index (χ3n) is 8.25. The van der Waals surface area contributed by atoms with Crippen LogP contribution in [0, 0.1) is 5.41 Å². The normalized spacial score (nSPS) is 21.5. The van der Waals surface area contributed by atoms with Crippen molar-refractivity contribution in [1.29, 1.82) is 0 Å². The Balaban J connectivity index is 1.45. The number of ether oxygens (including phenoxy) is 1. The van der Waals surface area contributed by atoms with E-state index < -0.39 is 84.6 Å². The number of hydrogen-bond donors (Lipinski definition) is 9. The monoisotopic (exact) mass is 893 g/mol. The Morgan fingerprint density at radius 2 is 1.68 bits per heavy atom. The van der Waals surface area contributed by atoms with Crippen molar-refractivity contribution in [2.24, 2.45) is 5.41 Å². The summed E-state index contributed by atoms with van der Waals surface area (Å²) in [6, 6.07) is 0. The number of anilines is 1. The van der Waals surface area contributed by atoms with E-state index in [4.69, 9.17) is 19.5 Å². The Labute approximate surface area is 331 Å². The Morgan fingerprint density at radius 3 is 2.37 bits per heavy atom. The second-order valence-corrected chi connectivity index (χ2v) is 18.8. The van der Waals surface area contributed by atoms with Crippen molar-refractivity contribution in [3.8, 4) is 0 Å². The first-order valence-electron chi connectivity index (χ1n) is 17.6. The van der Waals surface area contributed by atoms with Gasteiger partial charge in [0.05, 0.1) is 19.5 Å². The molecule has 1 fully saturated rings. The number of rotatable bonds is 25. The van der Waals surface area contributed by atoms with Crippen LogP contribution >= 0.6 is 35.2 Å². The predicted molar refractivity (Wildman–Crippen MR) is 200 cm³/mol. The molecule has 1 aliphatic rings. The van der Waals surface area contributed by atoms with Crippen LogP contribution < -0.4 is 16.4 Å². The molecule has 0 radical (unpaired) electrons. The maximum Gasteiger partial charge on any atom is 0.481 e. The molecule has 2 amide bonds. The van der Waals surface area contributed by atoms with E-state index in [2.05, 4.69) is 41.3 Å². The molecule has 7 atom stereocenters. The molecule has 0 spiro atoms. The Bertz CT molecular complexity index is 1820. The molecule has 1 aliphatic heterocycles. The Kier molecular flexibility index (Phi) is 18.6. The van der Waals surface area contributed by atoms with Crippen LogP contribution in [0.15, 0.2) is 12.7 Å². The molecule has 0 aliphatic carbocycles. The number of amides is 2. The van der Waals surface area contributed by atoms with Gasteiger partial charge in [-0.3, -0.25) is 32.5 Å². The number of aromatic nitrogens is 4. The van der Waals surface area contributed by atoms with Gasteiger partial charge in [-0.25, -0.2) is 28.6 Å². The molecule has 24 nitrogen and oxygen atoms in total. The van der Waals surface area contributed by atoms with Gasteiger partial charge in [-0.05, 0) is 6.42 Å². The van der Waals surface area contributed by atoms with Crippen LogP contribution in [-0.2, 0) is 50.7 Å². The summed E-state index contributed by atoms with van der Waals surface area (Å²) in [6.45, 7) is 2.67. The molecule has 0 aromatic carbocycles. The fraction of sp³-hybridized carbons (Fsp3) is 0.724. The number of fused-ring (bicyclic) bond motifs is 1. The second-order valence-electron chi connectivity index (χ2n) is 13.5. The van der Waals surface area contributed by atoms with Crippen LogP contribution in [0.4, 0.5) is 5.82 Å². The van der Waals surface area contributed by atoms with Crippen LogP contribution in [0.25, 0.3) is 11.2 Å². The van der Waals surface area contributed by atoms with Crippen LogP contribution in [-0.4, -0.2) is 123 Å². The smallest absolute Gasteiger partial charge is 0.386 e. The fourth-order valence-electron chi connectivity index (χ4n) is 5.24. The number of carbonyl (C=O) groups is 3. The number of unbranched alkanes of at least 4 members (excludes halogenated alkanes) is 4. The summed E-state index contributed by atoms with van der Waals surface area (Å²) in [4.78, 5) is 87.6. The number of nitrogens with two attached hydrogens (primary N) is 1. The van der Waals surface area contributed by atoms with E-state index in [1.54, 1.807) is 0 Å². The van der Waals surface area contributed by atoms with Crippen LogP contribution in [0.5, 0.6) is 0 Å². The summed E-state index contributed by atoms with van der Waals surface area (Å²) in [5.41, 5.74) is 4.27. The fourth-order valence-corrected chi connectivity index (χ4v) is 8.79. The van der Waals surface area contributed by atoms with E-state index in [1.807, 2.05) is 0 Å². The van der Waals surface area contributed by atoms with Crippen molar-refractivity contribution in [1.82, 2.24) is 30.2 Å². The van der Waals surface area contributed by atoms with Gasteiger partial charge in [0.2, 0.25) is 11.8 Å². The number of nitrogen functional groups attached to an aromatic ring is 1. The van der Waals surface area contributed by atoms with Gasteiger partial charge in [-0.2, -0.15) is 4.31 Å². The molecule has 28 heteroatoms. The highest BCUT2D eigenvalue weighted by atomic mass is 32.2. The zero-order chi connectivity index (χ0) is 42.6. The van der Waals surface area contributed by atoms with Gasteiger partial charge in [0.25, 0.3) is 0 Å². The third-order valence-corrected chi connectivity index (χ3v) is 12.3. The van der Waals surface area contributed by atoms with Crippen molar-refractivity contribution in [2.45, 2.75) is 96.4 Å². The lowest BCUT2D eigenvalue weighted by Crippen LogP contribution is -2.46. The van der Waals surface area contributed by atoms with Gasteiger partial charge in [0.1, 0.15) is 36.3 Å². The summed E-state index contributed by atoms with van der Waals surface area (Å²) in [6.07, 6.45) is -1.22. The van der Waals surface area contributed by atoms with Gasteiger partial charge in [0, 0.05) is 37.1 Å². The van der Waals surface area contributed by atoms with Crippen LogP contribution in [0.3, 0.4) is 0 Å². The summed E-state index contributed by atoms with van der Waals surface area (Å²) >= 11 is 1.13. The van der Waals surface area contributed by atoms with Crippen molar-refractivity contribution < 1.29 is 80.5 Å². The first kappa shape index (κ1) is 48.9. The Morgan fingerprint density at radius 1 is 1.00 bits per heavy atom. The number of hydrogen-bond acceptors (Lipinski definition) is 18. The number of aliphatic hydroxyl groups is 2. The van der Waals surface area contributed by atoms with Crippen molar-refractivity contribution in [3.05, 3.63) is 12.7 Å². The summed E-state index contributed by atoms with van der Waals surface area (Å²) < 4.78 is 62.1. The molecular weight excluding hydrogens is 843 g/mol. The van der Waals surface area contributed by atoms with E-state index in [9.17, 15) is 57.9 Å². The minimum Gasteiger partial charge on any atom is -0.386 e. The molecule has 57 heavy (non-hydrogen) atoms. The number of carbonyl (C=O) groups excluding carboxylic acids is 3. The quantitative estimate of drug-likeness (QED) is 0.0496. The van der Waals surface area contributed by atoms with Gasteiger partial charge in [0.15, 0.2) is 22.8 Å². The lowest BCUT2D eigenvalue weighted by molar-refractivity contribution is -0.137. The average molecular weight is 894 g/mol. The van der Waals surface area contributed by atoms with Gasteiger partial charge < -0.3 is 50.9 Å². The van der Waals surface area contributed by atoms with Crippen molar-refractivity contribution in [3.63, 3.8) is 0 Å². The topological polar surface area (TPSA) is 364 Å². The molecule has 324 valence electrons. The minimum atomic E-state index is -5.57. The number of aliphatic hydroxyl groups excluding tert-OH is 2. The third kappa shape index (κ3) is 15.9. The number of nitrogens with one attached hydrogen (secondary N) is 2. The number of thioether (sulfide) groups is 1. The minimum absolute atomic E-state index is 0.0325. The molecule has 0 saturated carbocycles. The van der Waals surface area contributed by atoms with Gasteiger partial charge >= 0.3 is 23.5 Å². The van der Waals surface area contributed by atoms with Crippen molar-refractivity contribution >= 4 is 69.1 Å². The molecule has 10 N–H and O–H groups in total. The van der Waals surface area contributed by atoms with E-state index in [0.29, 0.717) is 12.2 Å². The zero-order valence-electron chi connectivity index (χ0n) is 31.3. The van der Waals surface area contributed by atoms with Gasteiger partial charge in [-0.1, -0.05) is 58.2 Å². The molecule has 3 heterocycles. The highest BCUT2D eigenvalue weighted by molar-refractivity contribution is 8.13. The lowest BCUT2D eigenvalue weighted by Gasteiger charge is -2.30. The zero-order valence-corrected chi connectivity index (χ0v) is 34.8. The SMILES string of the molecule is CCCCCCCC(=O)SCCNC(=O)CCNC(=O)[C@H](O)C(C)(C)COP(=O)(O)OP(=O)(O)OC[C@H]1O[C@@H](n2cnc3c(N)ncnc32)C(O)[C@H]1OP(=O)(O)O. The maximum atomic E-state index is 12.7. The Hall–Kier alpha value is -2.44. The molecule has 1 saturated heterocycles. The maximum absolute atomic E-state index is 12.7. The molecule has 2 aromatic rings. The summed E-state index contributed by atoms with van der Waals surface area (Å²) in [5.74, 6) is -1.03. The van der Waals surface area contributed by atoms with E-state index in [1.165, 1.54) is 13.8 Å². The molecule has 3 rings (SSSR count). The largest absolute Gasteiger partial charge is 0.481 e. The molecule has 0 bridgehead atoms. The highest BCUT2D eigenvalue weighted by Crippen LogP contribution is 2.61. The van der Waals surface area contributed by atoms with Crippen LogP contribution in [0.2, 0.25) is 0 Å². The lowest BCUT2D eigenvalue weighted by atomic mass is 9.87. The number of phosphoric ester groups is 3. The highest BCUT2D eigenvalue weighted by Gasteiger charge is 2.50. The average Bonchev–Trinajstić information content (AvgIpc) is 3.68. The first-order valence-corrected chi connectivity index (χ1v) is 23.1. The van der Waals surface area contributed by atoms with Crippen molar-refractivity contribution in [2.75, 3.05) is 37.8 Å². The molecule has 3 unspecified atom stereocenters. The number of nitrogens with zero attached hydrogens (tertiary/aromatic N) is 4. The van der Waals surface area contributed by atoms with Gasteiger partial charge in [-0.15, -0.1) is 0 Å². The van der Waals surface area contributed by atoms with Crippen LogP contribution in [0.1, 0.15) is 71.9 Å². The van der Waals surface area contributed by atoms with E-state index in [0.717, 1.165) is 61.1 Å². The van der Waals surface area contributed by atoms with E-state index >= 15 is 0 Å². The number of phosphoric acid groups is 3. The number of imidazole rings is 1. The first-order chi connectivity index (χ1) is 26.6. The summed E-state index contributed by atoms with van der Waals surface area (Å²) in [5, 5.41) is 26.5. The standard InChI is InChI=1S/C29H50N7O17P3S/c1-4-5-6-7-8-9-20(38)57-13-12-31-19(37)10-11-32-27(41)24(40)29(2,3)15-50-56(47,48)53-55(45,46)49-14-18-23(52-54(42,43)44)22(39)28(51-18)36-17-35-21-25(30)33-16-34-26(21)36/h16-18,22-24,28,39-40H,4-15H2,1-3H3,(H,31,37)(H,32,41)(H,45,46)(H,47,48)(H2,30,33,34)(H2,42,43,44)/t18-,22?,23+,24+,28-/m1/s1. The van der Waals surface area contributed by atoms with E-state index in [-0.39, 0.29) is 41.6 Å². The predicted octanol–water partition coefficient (Wildman–Crippen LogP) is 1.03. The molecular formula is C29H50N7O17P3S. The summed E-state index contributed by atoms with van der Waals surface area (Å²) in [7, 11) is -16.4.